The molecule has 0 spiro atoms. The topological polar surface area (TPSA) is 74.6 Å². The predicted octanol–water partition coefficient (Wildman–Crippen LogP) is 2.39. The quantitative estimate of drug-likeness (QED) is 0.818. The lowest BCUT2D eigenvalue weighted by molar-refractivity contribution is -0.147. The molecule has 0 bridgehead atoms. The van der Waals surface area contributed by atoms with Crippen LogP contribution in [0.15, 0.2) is 18.2 Å². The van der Waals surface area contributed by atoms with Gasteiger partial charge >= 0.3 is 5.97 Å². The minimum Gasteiger partial charge on any atom is -0.479 e. The number of hydrogen-bond donors (Lipinski definition) is 2. The van der Waals surface area contributed by atoms with Gasteiger partial charge in [0.2, 0.25) is 0 Å². The maximum atomic E-state index is 11.3. The number of Topliss-reactive ketones (excluding diaryl/α,β-unsaturated/α-hetero) is 1. The Morgan fingerprint density at radius 1 is 1.39 bits per heavy atom. The normalized spacial score (nSPS) is 14.0. The van der Waals surface area contributed by atoms with Crippen LogP contribution in [0.4, 0.5) is 0 Å². The van der Waals surface area contributed by atoms with Gasteiger partial charge in [-0.2, -0.15) is 0 Å². The van der Waals surface area contributed by atoms with E-state index in [1.54, 1.807) is 18.2 Å². The highest BCUT2D eigenvalue weighted by Crippen LogP contribution is 2.28. The Balaban J connectivity index is 3.19. The van der Waals surface area contributed by atoms with Gasteiger partial charge in [0.25, 0.3) is 0 Å². The van der Waals surface area contributed by atoms with E-state index in [9.17, 15) is 14.7 Å². The molecule has 0 radical (unpaired) electrons. The first kappa shape index (κ1) is 14.9. The number of aliphatic carboxylic acids is 1. The van der Waals surface area contributed by atoms with Crippen molar-refractivity contribution in [3.63, 3.8) is 0 Å². The summed E-state index contributed by atoms with van der Waals surface area (Å²) in [4.78, 5) is 21.7. The molecule has 5 heteroatoms. The third kappa shape index (κ3) is 3.17. The summed E-state index contributed by atoms with van der Waals surface area (Å²) < 4.78 is 0. The van der Waals surface area contributed by atoms with E-state index in [1.165, 1.54) is 6.92 Å². The number of aliphatic hydroxyl groups is 1. The molecule has 0 saturated heterocycles. The summed E-state index contributed by atoms with van der Waals surface area (Å²) >= 11 is 3.28. The van der Waals surface area contributed by atoms with Crippen molar-refractivity contribution in [2.45, 2.75) is 31.2 Å². The van der Waals surface area contributed by atoms with Gasteiger partial charge < -0.3 is 10.2 Å². The number of benzene rings is 1. The standard InChI is InChI=1S/C13H15BrO4/c1-3-8-6-9(11(14)7(2)15)4-5-10(8)12(16)13(17)18/h4-6,11-12,16H,3H2,1-2H3,(H,17,18). The van der Waals surface area contributed by atoms with Crippen molar-refractivity contribution in [3.05, 3.63) is 34.9 Å². The Morgan fingerprint density at radius 3 is 2.44 bits per heavy atom. The van der Waals surface area contributed by atoms with Crippen LogP contribution >= 0.6 is 15.9 Å². The first-order valence-electron chi connectivity index (χ1n) is 5.56. The first-order chi connectivity index (χ1) is 8.38. The molecule has 2 N–H and O–H groups in total. The van der Waals surface area contributed by atoms with E-state index in [1.807, 2.05) is 6.92 Å². The van der Waals surface area contributed by atoms with Gasteiger partial charge in [-0.1, -0.05) is 41.1 Å². The second kappa shape index (κ2) is 6.11. The summed E-state index contributed by atoms with van der Waals surface area (Å²) in [6, 6.07) is 4.97. The number of carbonyl (C=O) groups excluding carboxylic acids is 1. The minimum atomic E-state index is -1.53. The van der Waals surface area contributed by atoms with E-state index in [2.05, 4.69) is 15.9 Å². The van der Waals surface area contributed by atoms with E-state index >= 15 is 0 Å². The van der Waals surface area contributed by atoms with Gasteiger partial charge in [-0.25, -0.2) is 4.79 Å². The Kier molecular flexibility index (Phi) is 5.04. The summed E-state index contributed by atoms with van der Waals surface area (Å²) in [6.45, 7) is 3.35. The second-order valence-corrected chi connectivity index (χ2v) is 4.94. The Morgan fingerprint density at radius 2 is 2.00 bits per heavy atom. The molecule has 2 atom stereocenters. The van der Waals surface area contributed by atoms with Crippen LogP contribution in [0, 0.1) is 0 Å². The largest absolute Gasteiger partial charge is 0.479 e. The number of aliphatic hydroxyl groups excluding tert-OH is 1. The number of hydrogen-bond acceptors (Lipinski definition) is 3. The molecule has 1 aromatic rings. The van der Waals surface area contributed by atoms with E-state index in [0.29, 0.717) is 12.0 Å². The van der Waals surface area contributed by atoms with Gasteiger partial charge in [0.1, 0.15) is 5.78 Å². The van der Waals surface area contributed by atoms with Crippen LogP contribution in [-0.4, -0.2) is 22.0 Å². The molecule has 0 aromatic heterocycles. The molecule has 2 unspecified atom stereocenters. The molecule has 0 amide bonds. The molecular weight excluding hydrogens is 300 g/mol. The summed E-state index contributed by atoms with van der Waals surface area (Å²) in [5.74, 6) is -1.30. The Hall–Kier alpha value is -1.20. The zero-order valence-corrected chi connectivity index (χ0v) is 11.8. The number of aryl methyl sites for hydroxylation is 1. The molecule has 0 fully saturated rings. The molecule has 1 rings (SSSR count). The fourth-order valence-electron chi connectivity index (χ4n) is 1.72. The fraction of sp³-hybridized carbons (Fsp3) is 0.385. The maximum Gasteiger partial charge on any atom is 0.337 e. The SMILES string of the molecule is CCc1cc(C(Br)C(C)=O)ccc1C(O)C(=O)O. The number of carbonyl (C=O) groups is 2. The Labute approximate surface area is 114 Å². The highest BCUT2D eigenvalue weighted by molar-refractivity contribution is 9.09. The van der Waals surface area contributed by atoms with Crippen LogP contribution in [0.5, 0.6) is 0 Å². The van der Waals surface area contributed by atoms with Crippen molar-refractivity contribution in [1.82, 2.24) is 0 Å². The average molecular weight is 315 g/mol. The summed E-state index contributed by atoms with van der Waals surface area (Å²) in [7, 11) is 0. The maximum absolute atomic E-state index is 11.3. The lowest BCUT2D eigenvalue weighted by atomic mass is 9.96. The summed E-state index contributed by atoms with van der Waals surface area (Å²) in [5.41, 5.74) is 1.87. The molecule has 0 aliphatic carbocycles. The van der Waals surface area contributed by atoms with Crippen LogP contribution in [0.1, 0.15) is 41.5 Å². The lowest BCUT2D eigenvalue weighted by Crippen LogP contribution is -2.13. The monoisotopic (exact) mass is 314 g/mol. The van der Waals surface area contributed by atoms with E-state index in [-0.39, 0.29) is 5.78 Å². The van der Waals surface area contributed by atoms with Crippen LogP contribution in [0.2, 0.25) is 0 Å². The summed E-state index contributed by atoms with van der Waals surface area (Å²) in [5, 5.41) is 18.4. The van der Waals surface area contributed by atoms with Gasteiger partial charge in [-0.05, 0) is 30.0 Å². The zero-order chi connectivity index (χ0) is 13.9. The van der Waals surface area contributed by atoms with E-state index in [0.717, 1.165) is 11.1 Å². The molecule has 1 aromatic carbocycles. The molecule has 0 saturated carbocycles. The van der Waals surface area contributed by atoms with Gasteiger partial charge in [0.05, 0.1) is 4.83 Å². The van der Waals surface area contributed by atoms with Gasteiger partial charge in [-0.15, -0.1) is 0 Å². The highest BCUT2D eigenvalue weighted by atomic mass is 79.9. The van der Waals surface area contributed by atoms with Crippen LogP contribution in [-0.2, 0) is 16.0 Å². The van der Waals surface area contributed by atoms with E-state index < -0.39 is 16.9 Å². The van der Waals surface area contributed by atoms with Crippen molar-refractivity contribution >= 4 is 27.7 Å². The Bertz CT molecular complexity index is 470. The second-order valence-electron chi connectivity index (χ2n) is 4.03. The zero-order valence-electron chi connectivity index (χ0n) is 10.2. The highest BCUT2D eigenvalue weighted by Gasteiger charge is 2.21. The fourth-order valence-corrected chi connectivity index (χ4v) is 2.01. The number of halogens is 1. The van der Waals surface area contributed by atoms with Gasteiger partial charge in [0.15, 0.2) is 6.10 Å². The van der Waals surface area contributed by atoms with Crippen molar-refractivity contribution < 1.29 is 19.8 Å². The number of rotatable bonds is 5. The molecule has 18 heavy (non-hydrogen) atoms. The lowest BCUT2D eigenvalue weighted by Gasteiger charge is -2.14. The summed E-state index contributed by atoms with van der Waals surface area (Å²) in [6.07, 6.45) is -0.939. The molecule has 4 nitrogen and oxygen atoms in total. The molecule has 0 aliphatic heterocycles. The van der Waals surface area contributed by atoms with Crippen molar-refractivity contribution in [2.24, 2.45) is 0 Å². The number of carboxylic acid groups (broad SMARTS) is 1. The van der Waals surface area contributed by atoms with E-state index in [4.69, 9.17) is 5.11 Å². The average Bonchev–Trinajstić information content (AvgIpc) is 2.35. The van der Waals surface area contributed by atoms with Crippen molar-refractivity contribution in [3.8, 4) is 0 Å². The molecule has 0 aliphatic rings. The molecular formula is C13H15BrO4. The predicted molar refractivity (Wildman–Crippen MR) is 70.8 cm³/mol. The number of alkyl halides is 1. The smallest absolute Gasteiger partial charge is 0.337 e. The minimum absolute atomic E-state index is 0.0245. The van der Waals surface area contributed by atoms with Crippen molar-refractivity contribution in [2.75, 3.05) is 0 Å². The third-order valence-electron chi connectivity index (χ3n) is 2.73. The third-order valence-corrected chi connectivity index (χ3v) is 3.90. The van der Waals surface area contributed by atoms with Crippen LogP contribution in [0.25, 0.3) is 0 Å². The molecule has 0 heterocycles. The van der Waals surface area contributed by atoms with Crippen LogP contribution in [0.3, 0.4) is 0 Å². The molecule has 98 valence electrons. The first-order valence-corrected chi connectivity index (χ1v) is 6.48. The van der Waals surface area contributed by atoms with Gasteiger partial charge in [0, 0.05) is 0 Å². The number of carboxylic acids is 1. The van der Waals surface area contributed by atoms with Crippen LogP contribution < -0.4 is 0 Å². The van der Waals surface area contributed by atoms with Gasteiger partial charge in [-0.3, -0.25) is 4.79 Å². The van der Waals surface area contributed by atoms with Crippen molar-refractivity contribution in [1.29, 1.82) is 0 Å². The number of ketones is 1.